The van der Waals surface area contributed by atoms with Crippen molar-refractivity contribution in [3.05, 3.63) is 30.1 Å². The number of hydrogen-bond donors (Lipinski definition) is 2. The number of likely N-dealkylation sites (tertiary alicyclic amines) is 1. The predicted octanol–water partition coefficient (Wildman–Crippen LogP) is 2.40. The van der Waals surface area contributed by atoms with Gasteiger partial charge in [-0.15, -0.1) is 24.0 Å². The van der Waals surface area contributed by atoms with Crippen LogP contribution < -0.4 is 10.5 Å². The fourth-order valence-electron chi connectivity index (χ4n) is 2.61. The van der Waals surface area contributed by atoms with Gasteiger partial charge in [0.25, 0.3) is 0 Å². The molecule has 0 amide bonds. The van der Waals surface area contributed by atoms with Crippen molar-refractivity contribution in [1.29, 1.82) is 0 Å². The summed E-state index contributed by atoms with van der Waals surface area (Å²) >= 11 is 0. The van der Waals surface area contributed by atoms with Gasteiger partial charge in [0.05, 0.1) is 7.11 Å². The van der Waals surface area contributed by atoms with Crippen molar-refractivity contribution in [3.63, 3.8) is 0 Å². The molecule has 7 nitrogen and oxygen atoms in total. The van der Waals surface area contributed by atoms with Gasteiger partial charge in [-0.1, -0.05) is 0 Å². The molecule has 1 aliphatic heterocycles. The number of halogens is 1. The molecule has 0 spiro atoms. The topological polar surface area (TPSA) is 92.4 Å². The number of nitrogens with zero attached hydrogens (tertiary/aromatic N) is 4. The smallest absolute Gasteiger partial charge is 0.191 e. The van der Waals surface area contributed by atoms with E-state index in [1.807, 2.05) is 24.3 Å². The highest BCUT2D eigenvalue weighted by molar-refractivity contribution is 14.0. The van der Waals surface area contributed by atoms with Crippen LogP contribution in [0.3, 0.4) is 0 Å². The first-order valence-corrected chi connectivity index (χ1v) is 7.87. The van der Waals surface area contributed by atoms with Crippen molar-refractivity contribution in [2.45, 2.75) is 25.8 Å². The molecule has 1 aromatic heterocycles. The standard InChI is InChI=1S/C16H22N6O.HI/c1-23-13-7-5-12(6-8-13)15-19-14(20-21-15)11-18-16(17)22-9-3-2-4-10-22;/h5-8H,2-4,9-11H2,1H3,(H2,17,18)(H,19,20,21);1H. The Balaban J connectivity index is 0.00000208. The highest BCUT2D eigenvalue weighted by Crippen LogP contribution is 2.19. The summed E-state index contributed by atoms with van der Waals surface area (Å²) in [5.41, 5.74) is 6.98. The van der Waals surface area contributed by atoms with E-state index in [1.54, 1.807) is 7.11 Å². The third-order valence-corrected chi connectivity index (χ3v) is 3.95. The average Bonchev–Trinajstić information content (AvgIpc) is 3.09. The second-order valence-corrected chi connectivity index (χ2v) is 5.56. The lowest BCUT2D eigenvalue weighted by molar-refractivity contribution is 0.338. The lowest BCUT2D eigenvalue weighted by atomic mass is 10.1. The number of piperidine rings is 1. The minimum Gasteiger partial charge on any atom is -0.497 e. The highest BCUT2D eigenvalue weighted by Gasteiger charge is 2.12. The normalized spacial score (nSPS) is 15.0. The predicted molar refractivity (Wildman–Crippen MR) is 105 cm³/mol. The third kappa shape index (κ3) is 4.59. The van der Waals surface area contributed by atoms with Crippen LogP contribution in [0.15, 0.2) is 29.3 Å². The van der Waals surface area contributed by atoms with Crippen molar-refractivity contribution in [2.75, 3.05) is 20.2 Å². The Kier molecular flexibility index (Phi) is 6.83. The quantitative estimate of drug-likeness (QED) is 0.431. The maximum atomic E-state index is 6.05. The highest BCUT2D eigenvalue weighted by atomic mass is 127. The molecule has 3 rings (SSSR count). The lowest BCUT2D eigenvalue weighted by Crippen LogP contribution is -2.40. The van der Waals surface area contributed by atoms with Crippen LogP contribution in [0.2, 0.25) is 0 Å². The van der Waals surface area contributed by atoms with Crippen molar-refractivity contribution in [2.24, 2.45) is 10.7 Å². The molecule has 1 aliphatic rings. The summed E-state index contributed by atoms with van der Waals surface area (Å²) in [6.07, 6.45) is 3.64. The fourth-order valence-corrected chi connectivity index (χ4v) is 2.61. The number of guanidine groups is 1. The molecule has 0 saturated carbocycles. The van der Waals surface area contributed by atoms with Crippen LogP contribution in [0.1, 0.15) is 25.1 Å². The van der Waals surface area contributed by atoms with Gasteiger partial charge in [-0.2, -0.15) is 5.10 Å². The number of ether oxygens (including phenoxy) is 1. The molecule has 130 valence electrons. The Morgan fingerprint density at radius 1 is 1.25 bits per heavy atom. The molecule has 1 saturated heterocycles. The third-order valence-electron chi connectivity index (χ3n) is 3.95. The van der Waals surface area contributed by atoms with E-state index in [4.69, 9.17) is 10.5 Å². The number of nitrogens with two attached hydrogens (primary N) is 1. The minimum atomic E-state index is 0. The monoisotopic (exact) mass is 442 g/mol. The Morgan fingerprint density at radius 3 is 2.62 bits per heavy atom. The largest absolute Gasteiger partial charge is 0.497 e. The SMILES string of the molecule is COc1ccc(-c2n[nH]c(CN=C(N)N3CCCCC3)n2)cc1.I. The molecule has 0 bridgehead atoms. The van der Waals surface area contributed by atoms with Crippen LogP contribution in [0.5, 0.6) is 5.75 Å². The fraction of sp³-hybridized carbons (Fsp3) is 0.438. The molecule has 1 fully saturated rings. The van der Waals surface area contributed by atoms with E-state index in [0.29, 0.717) is 24.2 Å². The van der Waals surface area contributed by atoms with E-state index in [1.165, 1.54) is 19.3 Å². The van der Waals surface area contributed by atoms with Crippen molar-refractivity contribution >= 4 is 29.9 Å². The number of aromatic nitrogens is 3. The van der Waals surface area contributed by atoms with Crippen LogP contribution in [-0.4, -0.2) is 46.2 Å². The first-order chi connectivity index (χ1) is 11.3. The summed E-state index contributed by atoms with van der Waals surface area (Å²) < 4.78 is 5.15. The van der Waals surface area contributed by atoms with Gasteiger partial charge in [0.2, 0.25) is 0 Å². The number of methoxy groups -OCH3 is 1. The molecule has 3 N–H and O–H groups in total. The average molecular weight is 442 g/mol. The summed E-state index contributed by atoms with van der Waals surface area (Å²) in [5.74, 6) is 2.75. The van der Waals surface area contributed by atoms with Gasteiger partial charge < -0.3 is 15.4 Å². The number of rotatable bonds is 4. The number of nitrogens with one attached hydrogen (secondary N) is 1. The summed E-state index contributed by atoms with van der Waals surface area (Å²) in [6, 6.07) is 7.63. The minimum absolute atomic E-state index is 0. The van der Waals surface area contributed by atoms with Gasteiger partial charge in [-0.25, -0.2) is 9.98 Å². The molecule has 2 heterocycles. The van der Waals surface area contributed by atoms with Gasteiger partial charge >= 0.3 is 0 Å². The van der Waals surface area contributed by atoms with Gasteiger partial charge in [-0.05, 0) is 43.5 Å². The van der Waals surface area contributed by atoms with E-state index in [0.717, 1.165) is 24.4 Å². The Labute approximate surface area is 158 Å². The number of benzene rings is 1. The van der Waals surface area contributed by atoms with Gasteiger partial charge in [0.15, 0.2) is 11.8 Å². The van der Waals surface area contributed by atoms with Gasteiger partial charge in [0, 0.05) is 18.7 Å². The van der Waals surface area contributed by atoms with E-state index in [9.17, 15) is 0 Å². The lowest BCUT2D eigenvalue weighted by Gasteiger charge is -2.27. The summed E-state index contributed by atoms with van der Waals surface area (Å²) in [5, 5.41) is 7.15. The second-order valence-electron chi connectivity index (χ2n) is 5.56. The van der Waals surface area contributed by atoms with Gasteiger partial charge in [0.1, 0.15) is 18.1 Å². The maximum absolute atomic E-state index is 6.05. The molecule has 2 aromatic rings. The van der Waals surface area contributed by atoms with Crippen molar-refractivity contribution < 1.29 is 4.74 Å². The van der Waals surface area contributed by atoms with Crippen molar-refractivity contribution in [1.82, 2.24) is 20.1 Å². The summed E-state index contributed by atoms with van der Waals surface area (Å²) in [6.45, 7) is 2.39. The Hall–Kier alpha value is -1.84. The van der Waals surface area contributed by atoms with Crippen LogP contribution in [-0.2, 0) is 6.54 Å². The number of aromatic amines is 1. The number of H-pyrrole nitrogens is 1. The molecule has 1 aromatic carbocycles. The van der Waals surface area contributed by atoms with Crippen LogP contribution in [0.4, 0.5) is 0 Å². The van der Waals surface area contributed by atoms with E-state index in [2.05, 4.69) is 25.1 Å². The zero-order valence-electron chi connectivity index (χ0n) is 13.7. The maximum Gasteiger partial charge on any atom is 0.191 e. The molecular weight excluding hydrogens is 419 g/mol. The summed E-state index contributed by atoms with van der Waals surface area (Å²) in [4.78, 5) is 11.0. The van der Waals surface area contributed by atoms with E-state index in [-0.39, 0.29) is 24.0 Å². The Morgan fingerprint density at radius 2 is 1.96 bits per heavy atom. The van der Waals surface area contributed by atoms with Crippen molar-refractivity contribution in [3.8, 4) is 17.1 Å². The van der Waals surface area contributed by atoms with Gasteiger partial charge in [-0.3, -0.25) is 5.10 Å². The van der Waals surface area contributed by atoms with Crippen LogP contribution >= 0.6 is 24.0 Å². The first kappa shape index (κ1) is 18.5. The molecular formula is C16H23IN6O. The molecule has 24 heavy (non-hydrogen) atoms. The number of aliphatic imine (C=N–C) groups is 1. The second kappa shape index (κ2) is 8.86. The van der Waals surface area contributed by atoms with E-state index < -0.39 is 0 Å². The van der Waals surface area contributed by atoms with Crippen LogP contribution in [0.25, 0.3) is 11.4 Å². The molecule has 8 heteroatoms. The zero-order valence-corrected chi connectivity index (χ0v) is 16.1. The zero-order chi connectivity index (χ0) is 16.1. The van der Waals surface area contributed by atoms with E-state index >= 15 is 0 Å². The van der Waals surface area contributed by atoms with Crippen LogP contribution in [0, 0.1) is 0 Å². The Bertz CT molecular complexity index is 663. The molecule has 0 unspecified atom stereocenters. The summed E-state index contributed by atoms with van der Waals surface area (Å²) in [7, 11) is 1.64. The molecule has 0 radical (unpaired) electrons. The molecule has 0 aliphatic carbocycles. The molecule has 0 atom stereocenters. The number of hydrogen-bond acceptors (Lipinski definition) is 4. The first-order valence-electron chi connectivity index (χ1n) is 7.87.